The van der Waals surface area contributed by atoms with Gasteiger partial charge in [0.1, 0.15) is 5.75 Å². The van der Waals surface area contributed by atoms with Crippen LogP contribution in [0.4, 0.5) is 0 Å². The Morgan fingerprint density at radius 2 is 1.48 bits per heavy atom. The molecular weight excluding hydrogens is 312 g/mol. The van der Waals surface area contributed by atoms with Crippen molar-refractivity contribution in [1.82, 2.24) is 0 Å². The van der Waals surface area contributed by atoms with Gasteiger partial charge in [0, 0.05) is 22.6 Å². The smallest absolute Gasteiger partial charge is 0.171 e. The monoisotopic (exact) mass is 324 g/mol. The first-order valence-electron chi connectivity index (χ1n) is 7.79. The molecule has 2 bridgehead atoms. The highest BCUT2D eigenvalue weighted by atomic mass is 35.5. The Balaban J connectivity index is 1.87. The van der Waals surface area contributed by atoms with E-state index in [-0.39, 0.29) is 57.1 Å². The molecule has 2 aromatic rings. The first-order valence-corrected chi connectivity index (χ1v) is 8.17. The summed E-state index contributed by atoms with van der Waals surface area (Å²) in [6, 6.07) is 7.07. The van der Waals surface area contributed by atoms with Crippen LogP contribution in [-0.2, 0) is 0 Å². The molecule has 2 aromatic carbocycles. The summed E-state index contributed by atoms with van der Waals surface area (Å²) in [4.78, 5) is 26.1. The lowest BCUT2D eigenvalue weighted by Crippen LogP contribution is -2.39. The maximum absolute atomic E-state index is 13.1. The van der Waals surface area contributed by atoms with Crippen LogP contribution in [0.1, 0.15) is 27.1 Å². The van der Waals surface area contributed by atoms with Gasteiger partial charge >= 0.3 is 0 Å². The summed E-state index contributed by atoms with van der Waals surface area (Å²) in [5, 5.41) is 12.1. The van der Waals surface area contributed by atoms with E-state index in [4.69, 9.17) is 11.6 Å². The summed E-state index contributed by atoms with van der Waals surface area (Å²) in [5.41, 5.74) is 0.343. The molecule has 0 aliphatic heterocycles. The number of carbonyl (C=O) groups is 2. The van der Waals surface area contributed by atoms with Gasteiger partial charge in [-0.3, -0.25) is 9.59 Å². The molecule has 1 saturated carbocycles. The fourth-order valence-electron chi connectivity index (χ4n) is 4.72. The minimum Gasteiger partial charge on any atom is -0.507 e. The van der Waals surface area contributed by atoms with Gasteiger partial charge in [0.2, 0.25) is 0 Å². The molecule has 5 rings (SSSR count). The van der Waals surface area contributed by atoms with Crippen molar-refractivity contribution >= 4 is 33.9 Å². The van der Waals surface area contributed by atoms with Gasteiger partial charge in [0.25, 0.3) is 0 Å². The zero-order valence-corrected chi connectivity index (χ0v) is 12.9. The third-order valence-corrected chi connectivity index (χ3v) is 6.08. The lowest BCUT2D eigenvalue weighted by atomic mass is 9.68. The van der Waals surface area contributed by atoms with E-state index in [0.717, 1.165) is 6.42 Å². The number of hydrogen-bond acceptors (Lipinski definition) is 3. The molecule has 114 valence electrons. The standard InChI is InChI=1S/C19H13ClO3/c20-16-10-3-1-2-4-11(10)17(21)15-14(16)18(22)12-8-5-6-9(7-8)13(12)19(15)23/h1-6,8-9,12-13,21H,7H2/t8-,9-,12-,13-/m0/s1. The van der Waals surface area contributed by atoms with Gasteiger partial charge in [-0.2, -0.15) is 0 Å². The third kappa shape index (κ3) is 1.46. The van der Waals surface area contributed by atoms with Gasteiger partial charge in [0.15, 0.2) is 11.6 Å². The molecule has 0 amide bonds. The minimum absolute atomic E-state index is 0.0903. The Kier molecular flexibility index (Phi) is 2.45. The number of Topliss-reactive ketones (excluding diaryl/α,β-unsaturated/α-hetero) is 2. The van der Waals surface area contributed by atoms with Crippen LogP contribution in [0, 0.1) is 23.7 Å². The number of rotatable bonds is 0. The van der Waals surface area contributed by atoms with E-state index >= 15 is 0 Å². The summed E-state index contributed by atoms with van der Waals surface area (Å²) >= 11 is 6.48. The first-order chi connectivity index (χ1) is 11.1. The molecule has 0 heterocycles. The molecule has 0 unspecified atom stereocenters. The van der Waals surface area contributed by atoms with Gasteiger partial charge in [-0.25, -0.2) is 0 Å². The van der Waals surface area contributed by atoms with Crippen molar-refractivity contribution in [2.75, 3.05) is 0 Å². The number of phenolic OH excluding ortho intramolecular Hbond substituents is 1. The summed E-state index contributed by atoms with van der Waals surface area (Å²) in [6.07, 6.45) is 4.94. The van der Waals surface area contributed by atoms with Crippen LogP contribution in [0.5, 0.6) is 5.75 Å². The largest absolute Gasteiger partial charge is 0.507 e. The maximum atomic E-state index is 13.1. The normalized spacial score (nSPS) is 30.8. The van der Waals surface area contributed by atoms with Crippen molar-refractivity contribution in [3.05, 3.63) is 52.6 Å². The zero-order valence-electron chi connectivity index (χ0n) is 12.1. The average Bonchev–Trinajstić information content (AvgIpc) is 3.17. The lowest BCUT2D eigenvalue weighted by Gasteiger charge is -2.32. The minimum atomic E-state index is -0.340. The van der Waals surface area contributed by atoms with Gasteiger partial charge in [0.05, 0.1) is 16.1 Å². The Labute approximate surface area is 137 Å². The van der Waals surface area contributed by atoms with E-state index in [1.165, 1.54) is 0 Å². The molecular formula is C19H13ClO3. The molecule has 23 heavy (non-hydrogen) atoms. The van der Waals surface area contributed by atoms with Crippen molar-refractivity contribution in [1.29, 1.82) is 0 Å². The summed E-state index contributed by atoms with van der Waals surface area (Å²) in [6.45, 7) is 0. The highest BCUT2D eigenvalue weighted by Crippen LogP contribution is 2.55. The van der Waals surface area contributed by atoms with Crippen molar-refractivity contribution in [3.63, 3.8) is 0 Å². The van der Waals surface area contributed by atoms with Crippen LogP contribution in [0.3, 0.4) is 0 Å². The maximum Gasteiger partial charge on any atom is 0.171 e. The summed E-state index contributed by atoms with van der Waals surface area (Å²) < 4.78 is 0. The van der Waals surface area contributed by atoms with E-state index in [1.807, 2.05) is 6.08 Å². The number of hydrogen-bond donors (Lipinski definition) is 1. The van der Waals surface area contributed by atoms with E-state index in [9.17, 15) is 14.7 Å². The van der Waals surface area contributed by atoms with Crippen molar-refractivity contribution < 1.29 is 14.7 Å². The van der Waals surface area contributed by atoms with E-state index < -0.39 is 0 Å². The molecule has 0 aromatic heterocycles. The van der Waals surface area contributed by atoms with Crippen molar-refractivity contribution in [2.24, 2.45) is 23.7 Å². The lowest BCUT2D eigenvalue weighted by molar-refractivity contribution is 0.0718. The van der Waals surface area contributed by atoms with Crippen molar-refractivity contribution in [2.45, 2.75) is 6.42 Å². The Morgan fingerprint density at radius 3 is 2.13 bits per heavy atom. The summed E-state index contributed by atoms with van der Waals surface area (Å²) in [7, 11) is 0. The van der Waals surface area contributed by atoms with Crippen LogP contribution >= 0.6 is 11.6 Å². The number of ketones is 2. The molecule has 4 atom stereocenters. The number of carbonyl (C=O) groups excluding carboxylic acids is 2. The fraction of sp³-hybridized carbons (Fsp3) is 0.263. The summed E-state index contributed by atoms with van der Waals surface area (Å²) in [5.74, 6) is -0.752. The Hall–Kier alpha value is -2.13. The number of benzene rings is 2. The van der Waals surface area contributed by atoms with E-state index in [0.29, 0.717) is 10.8 Å². The Morgan fingerprint density at radius 1 is 0.913 bits per heavy atom. The number of phenols is 1. The molecule has 0 radical (unpaired) electrons. The zero-order chi connectivity index (χ0) is 15.9. The van der Waals surface area contributed by atoms with Crippen molar-refractivity contribution in [3.8, 4) is 5.75 Å². The molecule has 1 fully saturated rings. The number of fused-ring (bicyclic) bond motifs is 7. The van der Waals surface area contributed by atoms with Gasteiger partial charge in [-0.1, -0.05) is 48.0 Å². The highest BCUT2D eigenvalue weighted by Gasteiger charge is 2.56. The van der Waals surface area contributed by atoms with Crippen LogP contribution < -0.4 is 0 Å². The van der Waals surface area contributed by atoms with E-state index in [1.54, 1.807) is 24.3 Å². The number of allylic oxidation sites excluding steroid dienone is 2. The highest BCUT2D eigenvalue weighted by molar-refractivity contribution is 6.41. The first kappa shape index (κ1) is 13.3. The van der Waals surface area contributed by atoms with Gasteiger partial charge < -0.3 is 5.11 Å². The Bertz CT molecular complexity index is 869. The second-order valence-corrected chi connectivity index (χ2v) is 7.06. The van der Waals surface area contributed by atoms with E-state index in [2.05, 4.69) is 6.08 Å². The quantitative estimate of drug-likeness (QED) is 0.745. The van der Waals surface area contributed by atoms with Crippen LogP contribution in [0.2, 0.25) is 5.02 Å². The number of aromatic hydroxyl groups is 1. The predicted octanol–water partition coefficient (Wildman–Crippen LogP) is 4.02. The number of halogens is 1. The van der Waals surface area contributed by atoms with Crippen LogP contribution in [0.25, 0.3) is 10.8 Å². The third-order valence-electron chi connectivity index (χ3n) is 5.68. The van der Waals surface area contributed by atoms with Crippen LogP contribution in [0.15, 0.2) is 36.4 Å². The van der Waals surface area contributed by atoms with Gasteiger partial charge in [-0.15, -0.1) is 0 Å². The average molecular weight is 325 g/mol. The molecule has 1 N–H and O–H groups in total. The fourth-order valence-corrected chi connectivity index (χ4v) is 5.07. The second kappa shape index (κ2) is 4.24. The molecule has 4 heteroatoms. The van der Waals surface area contributed by atoms with Gasteiger partial charge in [-0.05, 0) is 18.3 Å². The topological polar surface area (TPSA) is 54.4 Å². The SMILES string of the molecule is O=C1c2c(c(Cl)c3ccccc3c2O)C(=O)[C@@H]2[C@@H]1[C@H]1C=C[C@H]2C1. The molecule has 0 saturated heterocycles. The van der Waals surface area contributed by atoms with Crippen LogP contribution in [-0.4, -0.2) is 16.7 Å². The molecule has 0 spiro atoms. The molecule has 3 aliphatic carbocycles. The predicted molar refractivity (Wildman–Crippen MR) is 87.0 cm³/mol. The second-order valence-electron chi connectivity index (χ2n) is 6.69. The molecule has 3 aliphatic rings. The molecule has 3 nitrogen and oxygen atoms in total.